The lowest BCUT2D eigenvalue weighted by Gasteiger charge is -2.09. The summed E-state index contributed by atoms with van der Waals surface area (Å²) in [6.07, 6.45) is 0. The first-order valence-electron chi connectivity index (χ1n) is 5.58. The Morgan fingerprint density at radius 1 is 1.55 bits per heavy atom. The van der Waals surface area contributed by atoms with Crippen LogP contribution >= 0.6 is 15.9 Å². The van der Waals surface area contributed by atoms with E-state index in [-0.39, 0.29) is 22.8 Å². The van der Waals surface area contributed by atoms with Crippen LogP contribution in [0.5, 0.6) is 11.6 Å². The maximum Gasteiger partial charge on any atom is 0.339 e. The predicted molar refractivity (Wildman–Crippen MR) is 73.8 cm³/mol. The minimum atomic E-state index is -1.11. The molecule has 1 aromatic heterocycles. The highest BCUT2D eigenvalue weighted by Crippen LogP contribution is 2.31. The third-order valence-electron chi connectivity index (χ3n) is 2.66. The molecule has 1 N–H and O–H groups in total. The van der Waals surface area contributed by atoms with E-state index in [1.54, 1.807) is 20.0 Å². The Balaban J connectivity index is 2.53. The Hall–Kier alpha value is -2.33. The van der Waals surface area contributed by atoms with E-state index in [1.165, 1.54) is 16.8 Å². The molecule has 0 aliphatic rings. The molecule has 1 heterocycles. The number of carbonyl (C=O) groups is 1. The monoisotopic (exact) mass is 335 g/mol. The molecule has 0 fully saturated rings. The summed E-state index contributed by atoms with van der Waals surface area (Å²) < 4.78 is 7.67. The van der Waals surface area contributed by atoms with Crippen molar-refractivity contribution in [3.8, 4) is 17.7 Å². The number of benzene rings is 1. The van der Waals surface area contributed by atoms with Gasteiger partial charge in [0.1, 0.15) is 22.9 Å². The van der Waals surface area contributed by atoms with Crippen LogP contribution in [0.3, 0.4) is 0 Å². The number of aromatic carboxylic acids is 1. The van der Waals surface area contributed by atoms with E-state index >= 15 is 0 Å². The summed E-state index contributed by atoms with van der Waals surface area (Å²) in [4.78, 5) is 11.2. The smallest absolute Gasteiger partial charge is 0.339 e. The van der Waals surface area contributed by atoms with Gasteiger partial charge in [0, 0.05) is 11.5 Å². The van der Waals surface area contributed by atoms with Crippen molar-refractivity contribution in [2.75, 3.05) is 0 Å². The number of nitrogens with zero attached hydrogens (tertiary/aromatic N) is 3. The number of aryl methyl sites for hydroxylation is 2. The van der Waals surface area contributed by atoms with Crippen molar-refractivity contribution in [2.24, 2.45) is 7.05 Å². The minimum absolute atomic E-state index is 0.0101. The van der Waals surface area contributed by atoms with Crippen LogP contribution in [0.2, 0.25) is 0 Å². The summed E-state index contributed by atoms with van der Waals surface area (Å²) in [6.45, 7) is 1.68. The standard InChI is InChI=1S/C13H10BrN3O3/c1-7-10(6-15)12(17(2)16-7)20-11-5-8(14)3-4-9(11)13(18)19/h3-5H,1-2H3,(H,18,19). The van der Waals surface area contributed by atoms with Crippen molar-refractivity contribution in [2.45, 2.75) is 6.92 Å². The highest BCUT2D eigenvalue weighted by atomic mass is 79.9. The highest BCUT2D eigenvalue weighted by Gasteiger charge is 2.19. The van der Waals surface area contributed by atoms with Crippen molar-refractivity contribution in [3.05, 3.63) is 39.5 Å². The second kappa shape index (κ2) is 5.35. The molecule has 7 heteroatoms. The van der Waals surface area contributed by atoms with Gasteiger partial charge in [0.05, 0.1) is 5.69 Å². The number of nitriles is 1. The normalized spacial score (nSPS) is 10.1. The molecule has 0 spiro atoms. The van der Waals surface area contributed by atoms with E-state index in [4.69, 9.17) is 15.1 Å². The minimum Gasteiger partial charge on any atom is -0.478 e. The molecule has 0 radical (unpaired) electrons. The number of halogens is 1. The van der Waals surface area contributed by atoms with E-state index in [0.717, 1.165) is 0 Å². The Morgan fingerprint density at radius 2 is 2.25 bits per heavy atom. The number of carboxylic acid groups (broad SMARTS) is 1. The zero-order valence-corrected chi connectivity index (χ0v) is 12.3. The van der Waals surface area contributed by atoms with Crippen LogP contribution in [-0.4, -0.2) is 20.9 Å². The molecule has 0 unspecified atom stereocenters. The van der Waals surface area contributed by atoms with E-state index in [0.29, 0.717) is 10.2 Å². The fourth-order valence-corrected chi connectivity index (χ4v) is 2.08. The van der Waals surface area contributed by atoms with Crippen LogP contribution in [0.4, 0.5) is 0 Å². The summed E-state index contributed by atoms with van der Waals surface area (Å²) >= 11 is 3.26. The zero-order valence-electron chi connectivity index (χ0n) is 10.7. The Labute approximate surface area is 123 Å². The van der Waals surface area contributed by atoms with Crippen LogP contribution in [0, 0.1) is 18.3 Å². The molecule has 0 aliphatic carbocycles. The van der Waals surface area contributed by atoms with Gasteiger partial charge in [-0.2, -0.15) is 10.4 Å². The molecular formula is C13H10BrN3O3. The van der Waals surface area contributed by atoms with Gasteiger partial charge in [0.2, 0.25) is 5.88 Å². The van der Waals surface area contributed by atoms with Gasteiger partial charge < -0.3 is 9.84 Å². The lowest BCUT2D eigenvalue weighted by Crippen LogP contribution is -2.02. The second-order valence-corrected chi connectivity index (χ2v) is 4.96. The zero-order chi connectivity index (χ0) is 14.9. The van der Waals surface area contributed by atoms with E-state index < -0.39 is 5.97 Å². The summed E-state index contributed by atoms with van der Waals surface area (Å²) in [5.41, 5.74) is 0.816. The van der Waals surface area contributed by atoms with Crippen molar-refractivity contribution in [1.82, 2.24) is 9.78 Å². The van der Waals surface area contributed by atoms with Gasteiger partial charge in [-0.05, 0) is 25.1 Å². The molecule has 0 amide bonds. The third kappa shape index (κ3) is 2.51. The molecule has 0 saturated heterocycles. The van der Waals surface area contributed by atoms with Gasteiger partial charge in [-0.15, -0.1) is 0 Å². The maximum atomic E-state index is 11.2. The van der Waals surface area contributed by atoms with Crippen LogP contribution < -0.4 is 4.74 Å². The van der Waals surface area contributed by atoms with Gasteiger partial charge >= 0.3 is 5.97 Å². The Morgan fingerprint density at radius 3 is 2.85 bits per heavy atom. The van der Waals surface area contributed by atoms with Gasteiger partial charge in [-0.25, -0.2) is 9.48 Å². The SMILES string of the molecule is Cc1nn(C)c(Oc2cc(Br)ccc2C(=O)O)c1C#N. The van der Waals surface area contributed by atoms with Crippen molar-refractivity contribution in [1.29, 1.82) is 5.26 Å². The molecule has 0 saturated carbocycles. The average molecular weight is 336 g/mol. The first-order valence-corrected chi connectivity index (χ1v) is 6.37. The first kappa shape index (κ1) is 14.1. The molecule has 20 heavy (non-hydrogen) atoms. The molecule has 102 valence electrons. The third-order valence-corrected chi connectivity index (χ3v) is 3.16. The number of carboxylic acids is 1. The largest absolute Gasteiger partial charge is 0.478 e. The van der Waals surface area contributed by atoms with Crippen LogP contribution in [0.15, 0.2) is 22.7 Å². The maximum absolute atomic E-state index is 11.2. The topological polar surface area (TPSA) is 88.1 Å². The molecule has 2 rings (SSSR count). The van der Waals surface area contributed by atoms with Gasteiger partial charge in [-0.1, -0.05) is 15.9 Å². The first-order chi connectivity index (χ1) is 9.43. The van der Waals surface area contributed by atoms with Crippen LogP contribution in [-0.2, 0) is 7.05 Å². The van der Waals surface area contributed by atoms with Gasteiger partial charge in [0.25, 0.3) is 0 Å². The van der Waals surface area contributed by atoms with Crippen molar-refractivity contribution in [3.63, 3.8) is 0 Å². The fraction of sp³-hybridized carbons (Fsp3) is 0.154. The summed E-state index contributed by atoms with van der Waals surface area (Å²) in [6, 6.07) is 6.57. The van der Waals surface area contributed by atoms with Crippen molar-refractivity contribution < 1.29 is 14.6 Å². The molecule has 6 nitrogen and oxygen atoms in total. The summed E-state index contributed by atoms with van der Waals surface area (Å²) in [7, 11) is 1.63. The molecule has 0 aliphatic heterocycles. The number of ether oxygens (including phenoxy) is 1. The van der Waals surface area contributed by atoms with E-state index in [2.05, 4.69) is 21.0 Å². The summed E-state index contributed by atoms with van der Waals surface area (Å²) in [5, 5.41) is 22.4. The lowest BCUT2D eigenvalue weighted by atomic mass is 10.2. The van der Waals surface area contributed by atoms with E-state index in [9.17, 15) is 4.79 Å². The van der Waals surface area contributed by atoms with Crippen molar-refractivity contribution >= 4 is 21.9 Å². The van der Waals surface area contributed by atoms with E-state index in [1.807, 2.05) is 6.07 Å². The fourth-order valence-electron chi connectivity index (χ4n) is 1.74. The van der Waals surface area contributed by atoms with Gasteiger partial charge in [-0.3, -0.25) is 0 Å². The molecule has 1 aromatic carbocycles. The Bertz CT molecular complexity index is 731. The molecule has 2 aromatic rings. The quantitative estimate of drug-likeness (QED) is 0.931. The number of aromatic nitrogens is 2. The van der Waals surface area contributed by atoms with Crippen LogP contribution in [0.25, 0.3) is 0 Å². The molecular weight excluding hydrogens is 326 g/mol. The van der Waals surface area contributed by atoms with Gasteiger partial charge in [0.15, 0.2) is 0 Å². The lowest BCUT2D eigenvalue weighted by molar-refractivity contribution is 0.0694. The molecule has 0 bridgehead atoms. The van der Waals surface area contributed by atoms with Crippen LogP contribution in [0.1, 0.15) is 21.6 Å². The second-order valence-electron chi connectivity index (χ2n) is 4.05. The molecule has 0 atom stereocenters. The predicted octanol–water partition coefficient (Wildman–Crippen LogP) is 2.85. The number of hydrogen-bond acceptors (Lipinski definition) is 4. The Kier molecular flexibility index (Phi) is 3.77. The number of rotatable bonds is 3. The summed E-state index contributed by atoms with van der Waals surface area (Å²) in [5.74, 6) is -0.748. The number of hydrogen-bond donors (Lipinski definition) is 1. The highest BCUT2D eigenvalue weighted by molar-refractivity contribution is 9.10. The average Bonchev–Trinajstić information content (AvgIpc) is 2.63.